The van der Waals surface area contributed by atoms with Crippen LogP contribution in [0.2, 0.25) is 0 Å². The van der Waals surface area contributed by atoms with E-state index < -0.39 is 23.9 Å². The van der Waals surface area contributed by atoms with Crippen LogP contribution in [0.15, 0.2) is 6.07 Å². The second-order valence-electron chi connectivity index (χ2n) is 6.96. The Balaban J connectivity index is 1.54. The van der Waals surface area contributed by atoms with Crippen LogP contribution in [0, 0.1) is 17.8 Å². The van der Waals surface area contributed by atoms with Crippen LogP contribution in [-0.4, -0.2) is 58.4 Å². The Morgan fingerprint density at radius 2 is 1.80 bits per heavy atom. The first-order chi connectivity index (χ1) is 11.7. The molecule has 0 aromatic carbocycles. The lowest BCUT2D eigenvalue weighted by Gasteiger charge is -2.36. The van der Waals surface area contributed by atoms with Crippen molar-refractivity contribution >= 4 is 17.7 Å². The van der Waals surface area contributed by atoms with E-state index in [0.717, 1.165) is 6.07 Å². The van der Waals surface area contributed by atoms with Gasteiger partial charge in [0.05, 0.1) is 6.10 Å². The topological polar surface area (TPSA) is 89.8 Å². The zero-order valence-corrected chi connectivity index (χ0v) is 13.1. The number of piperidine rings is 1. The van der Waals surface area contributed by atoms with E-state index in [1.165, 1.54) is 4.90 Å². The van der Waals surface area contributed by atoms with Crippen LogP contribution in [0.1, 0.15) is 12.1 Å². The summed E-state index contributed by atoms with van der Waals surface area (Å²) in [5.74, 6) is -0.143. The lowest BCUT2D eigenvalue weighted by molar-refractivity contribution is -0.141. The van der Waals surface area contributed by atoms with Crippen LogP contribution in [-0.2, 0) is 11.0 Å². The molecular formula is C15H17F3N4O3. The van der Waals surface area contributed by atoms with Crippen LogP contribution in [0.5, 0.6) is 0 Å². The molecule has 1 aromatic heterocycles. The second-order valence-corrected chi connectivity index (χ2v) is 6.96. The molecule has 3 heterocycles. The van der Waals surface area contributed by atoms with Gasteiger partial charge in [-0.25, -0.2) is 4.98 Å². The average Bonchev–Trinajstić information content (AvgIpc) is 2.94. The van der Waals surface area contributed by atoms with Crippen LogP contribution in [0.25, 0.3) is 0 Å². The predicted molar refractivity (Wildman–Crippen MR) is 80.2 cm³/mol. The highest BCUT2D eigenvalue weighted by Crippen LogP contribution is 2.54. The number of halogens is 3. The molecule has 3 atom stereocenters. The summed E-state index contributed by atoms with van der Waals surface area (Å²) in [6.45, 7) is 1.46. The summed E-state index contributed by atoms with van der Waals surface area (Å²) in [5.41, 5.74) is -1.00. The number of hydrogen-bond acceptors (Lipinski definition) is 6. The molecule has 0 radical (unpaired) electrons. The number of fused-ring (bicyclic) bond motifs is 1. The molecule has 1 aliphatic carbocycles. The quantitative estimate of drug-likeness (QED) is 0.824. The monoisotopic (exact) mass is 358 g/mol. The van der Waals surface area contributed by atoms with Gasteiger partial charge in [0.25, 0.3) is 0 Å². The van der Waals surface area contributed by atoms with Crippen molar-refractivity contribution in [1.82, 2.24) is 9.97 Å². The fourth-order valence-electron chi connectivity index (χ4n) is 3.83. The molecule has 10 heteroatoms. The molecular weight excluding hydrogens is 341 g/mol. The van der Waals surface area contributed by atoms with Gasteiger partial charge < -0.3 is 20.0 Å². The van der Waals surface area contributed by atoms with E-state index in [2.05, 4.69) is 9.97 Å². The zero-order chi connectivity index (χ0) is 17.9. The van der Waals surface area contributed by atoms with Crippen molar-refractivity contribution in [2.45, 2.75) is 18.7 Å². The summed E-state index contributed by atoms with van der Waals surface area (Å²) in [4.78, 5) is 21.9. The number of carboxylic acid groups (broad SMARTS) is 1. The van der Waals surface area contributed by atoms with Gasteiger partial charge in [0, 0.05) is 38.7 Å². The standard InChI is InChI=1S/C15H17F3N4O3/c16-15(17,18)11-2-12(20-14(19-11)22-3-7(23)4-22)21-5-9-8(1-13(24)25)10(9)6-21/h2,7-10,23H,1,3-6H2,(H,24,25)/t8-,9-,10+. The molecule has 7 nitrogen and oxygen atoms in total. The molecule has 25 heavy (non-hydrogen) atoms. The second kappa shape index (κ2) is 5.45. The number of aromatic nitrogens is 2. The van der Waals surface area contributed by atoms with Gasteiger partial charge in [-0.2, -0.15) is 18.2 Å². The molecule has 136 valence electrons. The fourth-order valence-corrected chi connectivity index (χ4v) is 3.83. The van der Waals surface area contributed by atoms with Gasteiger partial charge in [-0.05, 0) is 17.8 Å². The number of anilines is 2. The predicted octanol–water partition coefficient (Wildman–Crippen LogP) is 0.833. The van der Waals surface area contributed by atoms with Gasteiger partial charge in [-0.1, -0.05) is 0 Å². The maximum absolute atomic E-state index is 13.1. The Bertz CT molecular complexity index is 696. The van der Waals surface area contributed by atoms with Gasteiger partial charge in [-0.15, -0.1) is 0 Å². The van der Waals surface area contributed by atoms with Crippen molar-refractivity contribution in [3.63, 3.8) is 0 Å². The normalized spacial score (nSPS) is 28.7. The number of alkyl halides is 3. The van der Waals surface area contributed by atoms with Gasteiger partial charge in [-0.3, -0.25) is 4.79 Å². The first-order valence-corrected chi connectivity index (χ1v) is 8.08. The minimum absolute atomic E-state index is 0.0298. The van der Waals surface area contributed by atoms with E-state index in [-0.39, 0.29) is 49.0 Å². The van der Waals surface area contributed by atoms with Crippen LogP contribution in [0.3, 0.4) is 0 Å². The smallest absolute Gasteiger partial charge is 0.433 e. The van der Waals surface area contributed by atoms with Crippen molar-refractivity contribution in [3.8, 4) is 0 Å². The van der Waals surface area contributed by atoms with Crippen LogP contribution >= 0.6 is 0 Å². The number of β-amino-alcohol motifs (C(OH)–C–C–N with tert-alkyl or cyclic N) is 1. The SMILES string of the molecule is O=C(O)C[C@@H]1[C@H]2CN(c3cc(C(F)(F)F)nc(N4CC(O)C4)n3)C[C@@H]12. The van der Waals surface area contributed by atoms with Crippen LogP contribution < -0.4 is 9.80 Å². The number of rotatable bonds is 4. The van der Waals surface area contributed by atoms with E-state index in [9.17, 15) is 23.1 Å². The third-order valence-electron chi connectivity index (χ3n) is 5.24. The van der Waals surface area contributed by atoms with Crippen molar-refractivity contribution in [2.75, 3.05) is 36.0 Å². The van der Waals surface area contributed by atoms with Gasteiger partial charge in [0.2, 0.25) is 5.95 Å². The molecule has 2 N–H and O–H groups in total. The van der Waals surface area contributed by atoms with Crippen LogP contribution in [0.4, 0.5) is 24.9 Å². The Morgan fingerprint density at radius 3 is 2.32 bits per heavy atom. The Labute approximate surface area is 141 Å². The number of hydrogen-bond donors (Lipinski definition) is 2. The number of carbonyl (C=O) groups is 1. The fraction of sp³-hybridized carbons (Fsp3) is 0.667. The molecule has 2 aliphatic heterocycles. The summed E-state index contributed by atoms with van der Waals surface area (Å²) in [5, 5.41) is 18.2. The number of aliphatic hydroxyl groups is 1. The first-order valence-electron chi connectivity index (χ1n) is 8.08. The van der Waals surface area contributed by atoms with Crippen molar-refractivity contribution in [2.24, 2.45) is 17.8 Å². The number of nitrogens with zero attached hydrogens (tertiary/aromatic N) is 4. The molecule has 0 amide bonds. The number of aliphatic hydroxyl groups excluding tert-OH is 1. The summed E-state index contributed by atoms with van der Waals surface area (Å²) in [7, 11) is 0. The summed E-state index contributed by atoms with van der Waals surface area (Å²) in [6, 6.07) is 0.941. The van der Waals surface area contributed by atoms with E-state index in [1.807, 2.05) is 0 Å². The first kappa shape index (κ1) is 16.4. The maximum Gasteiger partial charge on any atom is 0.433 e. The highest BCUT2D eigenvalue weighted by atomic mass is 19.4. The average molecular weight is 358 g/mol. The summed E-state index contributed by atoms with van der Waals surface area (Å²) in [6.07, 6.45) is -5.04. The Kier molecular flexibility index (Phi) is 3.57. The van der Waals surface area contributed by atoms with E-state index in [1.54, 1.807) is 4.90 Å². The molecule has 3 fully saturated rings. The minimum atomic E-state index is -4.58. The summed E-state index contributed by atoms with van der Waals surface area (Å²) >= 11 is 0. The van der Waals surface area contributed by atoms with Gasteiger partial charge in [0.1, 0.15) is 5.82 Å². The minimum Gasteiger partial charge on any atom is -0.481 e. The Morgan fingerprint density at radius 1 is 1.16 bits per heavy atom. The third-order valence-corrected chi connectivity index (χ3v) is 5.24. The largest absolute Gasteiger partial charge is 0.481 e. The molecule has 1 saturated carbocycles. The lowest BCUT2D eigenvalue weighted by atomic mass is 10.2. The third kappa shape index (κ3) is 2.99. The number of aliphatic carboxylic acids is 1. The van der Waals surface area contributed by atoms with Crippen molar-refractivity contribution in [1.29, 1.82) is 0 Å². The van der Waals surface area contributed by atoms with Crippen molar-refractivity contribution < 1.29 is 28.2 Å². The van der Waals surface area contributed by atoms with E-state index in [4.69, 9.17) is 5.11 Å². The highest BCUT2D eigenvalue weighted by Gasteiger charge is 2.56. The molecule has 1 aromatic rings. The lowest BCUT2D eigenvalue weighted by Crippen LogP contribution is -2.51. The maximum atomic E-state index is 13.1. The van der Waals surface area contributed by atoms with E-state index >= 15 is 0 Å². The molecule has 2 saturated heterocycles. The van der Waals surface area contributed by atoms with Gasteiger partial charge >= 0.3 is 12.1 Å². The Hall–Kier alpha value is -2.10. The number of carboxylic acids is 1. The van der Waals surface area contributed by atoms with Crippen molar-refractivity contribution in [3.05, 3.63) is 11.8 Å². The van der Waals surface area contributed by atoms with Gasteiger partial charge in [0.15, 0.2) is 5.69 Å². The molecule has 3 aliphatic rings. The zero-order valence-electron chi connectivity index (χ0n) is 13.1. The summed E-state index contributed by atoms with van der Waals surface area (Å²) < 4.78 is 39.4. The molecule has 0 spiro atoms. The molecule has 0 unspecified atom stereocenters. The van der Waals surface area contributed by atoms with E-state index in [0.29, 0.717) is 13.1 Å². The molecule has 4 rings (SSSR count). The molecule has 0 bridgehead atoms. The highest BCUT2D eigenvalue weighted by molar-refractivity contribution is 5.68.